The number of nitrogens with one attached hydrogen (secondary N) is 1. The molecule has 2 N–H and O–H groups in total. The zero-order chi connectivity index (χ0) is 20.7. The number of amides is 1. The molecule has 0 aliphatic heterocycles. The first-order valence-electron chi connectivity index (χ1n) is 9.10. The summed E-state index contributed by atoms with van der Waals surface area (Å²) in [5.74, 6) is -0.0923. The lowest BCUT2D eigenvalue weighted by Gasteiger charge is -2.19. The molecule has 2 aromatic carbocycles. The van der Waals surface area contributed by atoms with Crippen LogP contribution in [0.25, 0.3) is 0 Å². The Morgan fingerprint density at radius 1 is 0.964 bits per heavy atom. The van der Waals surface area contributed by atoms with Crippen LogP contribution < -0.4 is 19.5 Å². The fourth-order valence-electron chi connectivity index (χ4n) is 2.50. The fraction of sp³-hybridized carbons (Fsp3) is 0.333. The summed E-state index contributed by atoms with van der Waals surface area (Å²) in [6.45, 7) is 8.30. The Hall–Kier alpha value is -3.22. The van der Waals surface area contributed by atoms with Crippen molar-refractivity contribution >= 4 is 17.6 Å². The Kier molecular flexibility index (Phi) is 7.26. The largest absolute Gasteiger partial charge is 0.490 e. The highest BCUT2D eigenvalue weighted by molar-refractivity contribution is 6.05. The molecule has 2 rings (SSSR count). The van der Waals surface area contributed by atoms with E-state index in [-0.39, 0.29) is 17.6 Å². The zero-order valence-corrected chi connectivity index (χ0v) is 16.4. The smallest absolute Gasteiger partial charge is 0.335 e. The average molecular weight is 387 g/mol. The van der Waals surface area contributed by atoms with Gasteiger partial charge in [-0.2, -0.15) is 0 Å². The minimum absolute atomic E-state index is 0.115. The quantitative estimate of drug-likeness (QED) is 0.669. The van der Waals surface area contributed by atoms with Gasteiger partial charge in [-0.3, -0.25) is 4.79 Å². The van der Waals surface area contributed by atoms with Gasteiger partial charge in [0, 0.05) is 11.3 Å². The highest BCUT2D eigenvalue weighted by atomic mass is 16.5. The lowest BCUT2D eigenvalue weighted by Crippen LogP contribution is -2.14. The fourth-order valence-corrected chi connectivity index (χ4v) is 2.50. The Balaban J connectivity index is 2.35. The van der Waals surface area contributed by atoms with E-state index in [1.165, 1.54) is 24.3 Å². The zero-order valence-electron chi connectivity index (χ0n) is 16.4. The number of hydrogen-bond donors (Lipinski definition) is 2. The van der Waals surface area contributed by atoms with Crippen molar-refractivity contribution in [2.75, 3.05) is 18.5 Å². The van der Waals surface area contributed by atoms with E-state index in [4.69, 9.17) is 19.3 Å². The third-order valence-corrected chi connectivity index (χ3v) is 3.62. The maximum absolute atomic E-state index is 12.7. The van der Waals surface area contributed by atoms with Gasteiger partial charge in [0.1, 0.15) is 0 Å². The maximum atomic E-state index is 12.7. The van der Waals surface area contributed by atoms with Crippen LogP contribution in [-0.4, -0.2) is 36.3 Å². The van der Waals surface area contributed by atoms with E-state index in [2.05, 4.69) is 5.32 Å². The second-order valence-corrected chi connectivity index (χ2v) is 6.17. The second-order valence-electron chi connectivity index (χ2n) is 6.17. The standard InChI is InChI=1S/C21H25NO6/c1-5-26-17-11-15(12-18(28-13(3)4)19(17)27-6-2)20(23)22-16-9-7-14(8-10-16)21(24)25/h7-13H,5-6H2,1-4H3,(H,22,23)(H,24,25). The van der Waals surface area contributed by atoms with Gasteiger partial charge in [0.15, 0.2) is 11.5 Å². The highest BCUT2D eigenvalue weighted by Crippen LogP contribution is 2.39. The summed E-state index contributed by atoms with van der Waals surface area (Å²) in [6.07, 6.45) is -0.115. The SMILES string of the molecule is CCOc1cc(C(=O)Nc2ccc(C(=O)O)cc2)cc(OC(C)C)c1OCC. The number of benzene rings is 2. The van der Waals surface area contributed by atoms with Crippen molar-refractivity contribution in [1.29, 1.82) is 0 Å². The van der Waals surface area contributed by atoms with Crippen molar-refractivity contribution in [3.8, 4) is 17.2 Å². The molecule has 0 bridgehead atoms. The van der Waals surface area contributed by atoms with Gasteiger partial charge in [0.25, 0.3) is 5.91 Å². The van der Waals surface area contributed by atoms with Crippen LogP contribution in [0.1, 0.15) is 48.4 Å². The Morgan fingerprint density at radius 2 is 1.57 bits per heavy atom. The molecule has 0 saturated heterocycles. The van der Waals surface area contributed by atoms with Crippen LogP contribution in [0.3, 0.4) is 0 Å². The van der Waals surface area contributed by atoms with Gasteiger partial charge in [-0.25, -0.2) is 4.79 Å². The summed E-state index contributed by atoms with van der Waals surface area (Å²) < 4.78 is 17.1. The number of hydrogen-bond acceptors (Lipinski definition) is 5. The normalized spacial score (nSPS) is 10.5. The number of carboxylic acids is 1. The Morgan fingerprint density at radius 3 is 2.11 bits per heavy atom. The average Bonchev–Trinajstić information content (AvgIpc) is 2.64. The molecule has 0 fully saturated rings. The second kappa shape index (κ2) is 9.64. The van der Waals surface area contributed by atoms with Crippen molar-refractivity contribution in [3.63, 3.8) is 0 Å². The van der Waals surface area contributed by atoms with E-state index in [0.717, 1.165) is 0 Å². The van der Waals surface area contributed by atoms with Crippen LogP contribution in [-0.2, 0) is 0 Å². The maximum Gasteiger partial charge on any atom is 0.335 e. The summed E-state index contributed by atoms with van der Waals surface area (Å²) >= 11 is 0. The molecule has 0 aliphatic carbocycles. The van der Waals surface area contributed by atoms with Gasteiger partial charge < -0.3 is 24.6 Å². The summed E-state index contributed by atoms with van der Waals surface area (Å²) in [5, 5.41) is 11.7. The minimum Gasteiger partial charge on any atom is -0.490 e. The van der Waals surface area contributed by atoms with E-state index in [1.54, 1.807) is 12.1 Å². The van der Waals surface area contributed by atoms with E-state index in [1.807, 2.05) is 27.7 Å². The van der Waals surface area contributed by atoms with Crippen molar-refractivity contribution in [3.05, 3.63) is 47.5 Å². The molecule has 0 atom stereocenters. The molecule has 0 spiro atoms. The number of carboxylic acid groups (broad SMARTS) is 1. The number of aromatic carboxylic acids is 1. The number of carbonyl (C=O) groups excluding carboxylic acids is 1. The molecular weight excluding hydrogens is 362 g/mol. The topological polar surface area (TPSA) is 94.1 Å². The summed E-state index contributed by atoms with van der Waals surface area (Å²) in [6, 6.07) is 9.12. The lowest BCUT2D eigenvalue weighted by molar-refractivity contribution is 0.0696. The van der Waals surface area contributed by atoms with Crippen molar-refractivity contribution in [2.24, 2.45) is 0 Å². The van der Waals surface area contributed by atoms with Gasteiger partial charge in [0.2, 0.25) is 5.75 Å². The summed E-state index contributed by atoms with van der Waals surface area (Å²) in [4.78, 5) is 23.7. The number of anilines is 1. The number of ether oxygens (including phenoxy) is 3. The van der Waals surface area contributed by atoms with Crippen LogP contribution in [0.5, 0.6) is 17.2 Å². The summed E-state index contributed by atoms with van der Waals surface area (Å²) in [5.41, 5.74) is 0.961. The van der Waals surface area contributed by atoms with Crippen molar-refractivity contribution in [1.82, 2.24) is 0 Å². The predicted octanol–water partition coefficient (Wildman–Crippen LogP) is 4.22. The molecule has 150 valence electrons. The molecule has 7 nitrogen and oxygen atoms in total. The Labute approximate surface area is 164 Å². The molecule has 0 unspecified atom stereocenters. The third-order valence-electron chi connectivity index (χ3n) is 3.62. The molecule has 0 aliphatic rings. The molecule has 0 radical (unpaired) electrons. The van der Waals surface area contributed by atoms with Gasteiger partial charge in [-0.15, -0.1) is 0 Å². The first kappa shape index (κ1) is 21.1. The number of carbonyl (C=O) groups is 2. The van der Waals surface area contributed by atoms with Crippen LogP contribution in [0, 0.1) is 0 Å². The first-order chi connectivity index (χ1) is 13.3. The van der Waals surface area contributed by atoms with Crippen molar-refractivity contribution in [2.45, 2.75) is 33.8 Å². The van der Waals surface area contributed by atoms with Gasteiger partial charge in [-0.05, 0) is 64.1 Å². The van der Waals surface area contributed by atoms with Gasteiger partial charge in [-0.1, -0.05) is 0 Å². The third kappa shape index (κ3) is 5.39. The molecule has 28 heavy (non-hydrogen) atoms. The van der Waals surface area contributed by atoms with Gasteiger partial charge in [0.05, 0.1) is 24.9 Å². The van der Waals surface area contributed by atoms with E-state index in [0.29, 0.717) is 41.7 Å². The van der Waals surface area contributed by atoms with Crippen LogP contribution in [0.4, 0.5) is 5.69 Å². The van der Waals surface area contributed by atoms with Crippen molar-refractivity contribution < 1.29 is 28.9 Å². The monoisotopic (exact) mass is 387 g/mol. The van der Waals surface area contributed by atoms with E-state index in [9.17, 15) is 9.59 Å². The molecular formula is C21H25NO6. The van der Waals surface area contributed by atoms with Crippen LogP contribution in [0.15, 0.2) is 36.4 Å². The molecule has 0 saturated carbocycles. The van der Waals surface area contributed by atoms with Gasteiger partial charge >= 0.3 is 5.97 Å². The lowest BCUT2D eigenvalue weighted by atomic mass is 10.1. The number of rotatable bonds is 9. The molecule has 0 aromatic heterocycles. The highest BCUT2D eigenvalue weighted by Gasteiger charge is 2.19. The first-order valence-corrected chi connectivity index (χ1v) is 9.10. The Bertz CT molecular complexity index is 830. The van der Waals surface area contributed by atoms with E-state index >= 15 is 0 Å². The molecule has 2 aromatic rings. The van der Waals surface area contributed by atoms with Crippen LogP contribution in [0.2, 0.25) is 0 Å². The van der Waals surface area contributed by atoms with E-state index < -0.39 is 5.97 Å². The molecule has 0 heterocycles. The minimum atomic E-state index is -1.03. The summed E-state index contributed by atoms with van der Waals surface area (Å²) in [7, 11) is 0. The molecule has 1 amide bonds. The molecule has 7 heteroatoms. The van der Waals surface area contributed by atoms with Crippen LogP contribution >= 0.6 is 0 Å². The predicted molar refractivity (Wildman–Crippen MR) is 106 cm³/mol.